The van der Waals surface area contributed by atoms with Crippen molar-refractivity contribution < 1.29 is 13.2 Å². The molecule has 0 bridgehead atoms. The van der Waals surface area contributed by atoms with Gasteiger partial charge in [0.25, 0.3) is 0 Å². The lowest BCUT2D eigenvalue weighted by Crippen LogP contribution is -2.12. The monoisotopic (exact) mass is 215 g/mol. The van der Waals surface area contributed by atoms with Gasteiger partial charge in [0, 0.05) is 17.6 Å². The summed E-state index contributed by atoms with van der Waals surface area (Å²) in [4.78, 5) is 19.4. The molecule has 2 aromatic rings. The van der Waals surface area contributed by atoms with Crippen molar-refractivity contribution in [3.8, 4) is 0 Å². The summed E-state index contributed by atoms with van der Waals surface area (Å²) in [5, 5.41) is 0.350. The molecule has 2 heterocycles. The zero-order valence-corrected chi connectivity index (χ0v) is 7.17. The van der Waals surface area contributed by atoms with Gasteiger partial charge < -0.3 is 4.98 Å². The molecule has 15 heavy (non-hydrogen) atoms. The lowest BCUT2D eigenvalue weighted by atomic mass is 10.3. The molecule has 0 aliphatic rings. The predicted octanol–water partition coefficient (Wildman–Crippen LogP) is 1.34. The molecule has 0 radical (unpaired) electrons. The third-order valence-electron chi connectivity index (χ3n) is 1.73. The molecule has 0 atom stereocenters. The van der Waals surface area contributed by atoms with Crippen molar-refractivity contribution in [1.82, 2.24) is 15.0 Å². The molecule has 78 valence electrons. The maximum Gasteiger partial charge on any atom is 0.451 e. The van der Waals surface area contributed by atoms with Crippen molar-refractivity contribution in [2.24, 2.45) is 0 Å². The minimum Gasteiger partial charge on any atom is -0.306 e. The van der Waals surface area contributed by atoms with E-state index in [2.05, 4.69) is 15.0 Å². The van der Waals surface area contributed by atoms with Gasteiger partial charge in [-0.25, -0.2) is 9.97 Å². The van der Waals surface area contributed by atoms with Gasteiger partial charge in [-0.2, -0.15) is 13.2 Å². The number of hydrogen-bond acceptors (Lipinski definition) is 3. The number of nitrogens with one attached hydrogen (secondary N) is 1. The number of fused-ring (bicyclic) bond motifs is 1. The maximum atomic E-state index is 12.2. The highest BCUT2D eigenvalue weighted by Crippen LogP contribution is 2.26. The molecule has 0 aromatic carbocycles. The van der Waals surface area contributed by atoms with E-state index in [1.54, 1.807) is 0 Å². The molecule has 0 saturated carbocycles. The molecule has 2 aromatic heterocycles. The summed E-state index contributed by atoms with van der Waals surface area (Å²) in [5.41, 5.74) is -0.626. The second-order valence-corrected chi connectivity index (χ2v) is 2.82. The smallest absolute Gasteiger partial charge is 0.306 e. The molecule has 0 spiro atoms. The molecule has 0 saturated heterocycles. The Morgan fingerprint density at radius 1 is 1.27 bits per heavy atom. The third-order valence-corrected chi connectivity index (χ3v) is 1.73. The van der Waals surface area contributed by atoms with E-state index in [-0.39, 0.29) is 5.65 Å². The van der Waals surface area contributed by atoms with Gasteiger partial charge >= 0.3 is 6.18 Å². The first-order chi connectivity index (χ1) is 6.97. The number of aromatic amines is 1. The van der Waals surface area contributed by atoms with E-state index in [1.807, 2.05) is 0 Å². The Morgan fingerprint density at radius 2 is 2.00 bits per heavy atom. The SMILES string of the molecule is O=c1ccc2cnc(C(F)(F)F)nc2[nH]1. The van der Waals surface area contributed by atoms with Crippen LogP contribution in [-0.2, 0) is 6.18 Å². The van der Waals surface area contributed by atoms with Crippen LogP contribution >= 0.6 is 0 Å². The Kier molecular flexibility index (Phi) is 1.95. The van der Waals surface area contributed by atoms with Crippen molar-refractivity contribution >= 4 is 11.0 Å². The van der Waals surface area contributed by atoms with Crippen LogP contribution in [0.2, 0.25) is 0 Å². The highest BCUT2D eigenvalue weighted by Gasteiger charge is 2.34. The molecule has 7 heteroatoms. The summed E-state index contributed by atoms with van der Waals surface area (Å²) in [6.45, 7) is 0. The molecular formula is C8H4F3N3O. The zero-order valence-electron chi connectivity index (χ0n) is 7.17. The Hall–Kier alpha value is -1.92. The molecule has 2 rings (SSSR count). The van der Waals surface area contributed by atoms with E-state index in [1.165, 1.54) is 12.1 Å². The van der Waals surface area contributed by atoms with Gasteiger partial charge in [0.2, 0.25) is 11.4 Å². The summed E-state index contributed by atoms with van der Waals surface area (Å²) in [6.07, 6.45) is -3.60. The number of alkyl halides is 3. The van der Waals surface area contributed by atoms with Crippen LogP contribution < -0.4 is 5.56 Å². The molecule has 0 amide bonds. The van der Waals surface area contributed by atoms with Crippen LogP contribution in [0.3, 0.4) is 0 Å². The van der Waals surface area contributed by atoms with Crippen LogP contribution in [-0.4, -0.2) is 15.0 Å². The molecule has 4 nitrogen and oxygen atoms in total. The number of rotatable bonds is 0. The average Bonchev–Trinajstić information content (AvgIpc) is 2.15. The fraction of sp³-hybridized carbons (Fsp3) is 0.125. The van der Waals surface area contributed by atoms with E-state index < -0.39 is 17.6 Å². The topological polar surface area (TPSA) is 58.6 Å². The third kappa shape index (κ3) is 1.80. The fourth-order valence-electron chi connectivity index (χ4n) is 1.07. The first-order valence-corrected chi connectivity index (χ1v) is 3.90. The second-order valence-electron chi connectivity index (χ2n) is 2.82. The average molecular weight is 215 g/mol. The van der Waals surface area contributed by atoms with Crippen LogP contribution in [0.4, 0.5) is 13.2 Å². The van der Waals surface area contributed by atoms with E-state index in [0.29, 0.717) is 5.39 Å². The lowest BCUT2D eigenvalue weighted by Gasteiger charge is -2.04. The molecule has 0 aliphatic heterocycles. The summed E-state index contributed by atoms with van der Waals surface area (Å²) in [7, 11) is 0. The normalized spacial score (nSPS) is 11.9. The van der Waals surface area contributed by atoms with Gasteiger partial charge in [0.15, 0.2) is 0 Å². The summed E-state index contributed by atoms with van der Waals surface area (Å²) in [5.74, 6) is -1.27. The van der Waals surface area contributed by atoms with Gasteiger partial charge in [-0.15, -0.1) is 0 Å². The lowest BCUT2D eigenvalue weighted by molar-refractivity contribution is -0.144. The number of aromatic nitrogens is 3. The van der Waals surface area contributed by atoms with Crippen LogP contribution in [0.5, 0.6) is 0 Å². The van der Waals surface area contributed by atoms with Gasteiger partial charge in [-0.3, -0.25) is 4.79 Å². The van der Waals surface area contributed by atoms with Crippen LogP contribution in [0.15, 0.2) is 23.1 Å². The fourth-order valence-corrected chi connectivity index (χ4v) is 1.07. The van der Waals surface area contributed by atoms with Gasteiger partial charge in [0.05, 0.1) is 0 Å². The number of halogens is 3. The quantitative estimate of drug-likeness (QED) is 0.721. The number of nitrogens with zero attached hydrogens (tertiary/aromatic N) is 2. The Bertz CT molecular complexity index is 561. The summed E-state index contributed by atoms with van der Waals surface area (Å²) >= 11 is 0. The van der Waals surface area contributed by atoms with Crippen LogP contribution in [0.1, 0.15) is 5.82 Å². The van der Waals surface area contributed by atoms with Crippen molar-refractivity contribution in [2.45, 2.75) is 6.18 Å². The van der Waals surface area contributed by atoms with Gasteiger partial charge in [-0.05, 0) is 6.07 Å². The van der Waals surface area contributed by atoms with Crippen molar-refractivity contribution in [3.63, 3.8) is 0 Å². The summed E-state index contributed by atoms with van der Waals surface area (Å²) < 4.78 is 36.6. The Morgan fingerprint density at radius 3 is 2.67 bits per heavy atom. The highest BCUT2D eigenvalue weighted by atomic mass is 19.4. The molecule has 0 unspecified atom stereocenters. The Balaban J connectivity index is 2.70. The van der Waals surface area contributed by atoms with Crippen LogP contribution in [0.25, 0.3) is 11.0 Å². The van der Waals surface area contributed by atoms with Gasteiger partial charge in [-0.1, -0.05) is 0 Å². The molecular weight excluding hydrogens is 211 g/mol. The van der Waals surface area contributed by atoms with Crippen LogP contribution in [0, 0.1) is 0 Å². The van der Waals surface area contributed by atoms with E-state index in [0.717, 1.165) is 6.20 Å². The number of pyridine rings is 1. The maximum absolute atomic E-state index is 12.2. The summed E-state index contributed by atoms with van der Waals surface area (Å²) in [6, 6.07) is 2.55. The first-order valence-electron chi connectivity index (χ1n) is 3.90. The molecule has 1 N–H and O–H groups in total. The number of H-pyrrole nitrogens is 1. The van der Waals surface area contributed by atoms with E-state index >= 15 is 0 Å². The van der Waals surface area contributed by atoms with Crippen molar-refractivity contribution in [3.05, 3.63) is 34.5 Å². The minimum absolute atomic E-state index is 0.121. The minimum atomic E-state index is -4.61. The molecule has 0 fully saturated rings. The largest absolute Gasteiger partial charge is 0.451 e. The first kappa shape index (κ1) is 9.63. The van der Waals surface area contributed by atoms with Crippen molar-refractivity contribution in [1.29, 1.82) is 0 Å². The number of hydrogen-bond donors (Lipinski definition) is 1. The van der Waals surface area contributed by atoms with Crippen molar-refractivity contribution in [2.75, 3.05) is 0 Å². The van der Waals surface area contributed by atoms with E-state index in [4.69, 9.17) is 0 Å². The van der Waals surface area contributed by atoms with E-state index in [9.17, 15) is 18.0 Å². The van der Waals surface area contributed by atoms with Gasteiger partial charge in [0.1, 0.15) is 5.65 Å². The molecule has 0 aliphatic carbocycles. The standard InChI is InChI=1S/C8H4F3N3O/c9-8(10,11)7-12-3-4-1-2-5(15)13-6(4)14-7/h1-3H,(H,12,13,14,15). The zero-order chi connectivity index (χ0) is 11.1. The predicted molar refractivity (Wildman–Crippen MR) is 45.2 cm³/mol. The Labute approximate surface area is 80.8 Å². The second kappa shape index (κ2) is 3.04. The highest BCUT2D eigenvalue weighted by molar-refractivity contribution is 5.72.